The first kappa shape index (κ1) is 25.9. The van der Waals surface area contributed by atoms with E-state index in [1.165, 1.54) is 6.08 Å². The Hall–Kier alpha value is -3.22. The molecule has 2 aliphatic heterocycles. The van der Waals surface area contributed by atoms with Gasteiger partial charge in [0.2, 0.25) is 11.9 Å². The van der Waals surface area contributed by atoms with Gasteiger partial charge in [-0.1, -0.05) is 6.92 Å². The highest BCUT2D eigenvalue weighted by molar-refractivity contribution is 5.78. The highest BCUT2D eigenvalue weighted by Crippen LogP contribution is 2.33. The average Bonchev–Trinajstić information content (AvgIpc) is 3.45. The molecule has 0 radical (unpaired) electrons. The normalized spacial score (nSPS) is 19.8. The van der Waals surface area contributed by atoms with Crippen molar-refractivity contribution in [1.29, 1.82) is 0 Å². The van der Waals surface area contributed by atoms with Crippen LogP contribution < -0.4 is 10.5 Å². The van der Waals surface area contributed by atoms with Gasteiger partial charge in [0.05, 0.1) is 24.0 Å². The largest absolute Gasteiger partial charge is 0.421 e. The zero-order valence-electron chi connectivity index (χ0n) is 20.2. The molecule has 0 aliphatic carbocycles. The molecule has 13 heteroatoms. The second-order valence-electron chi connectivity index (χ2n) is 9.05. The monoisotopic (exact) mass is 511 g/mol. The summed E-state index contributed by atoms with van der Waals surface area (Å²) in [6, 6.07) is 0.306. The molecule has 0 spiro atoms. The van der Waals surface area contributed by atoms with E-state index in [2.05, 4.69) is 15.1 Å². The highest BCUT2D eigenvalue weighted by atomic mass is 19.4. The van der Waals surface area contributed by atoms with E-state index >= 15 is 0 Å². The quantitative estimate of drug-likeness (QED) is 0.579. The van der Waals surface area contributed by atoms with Gasteiger partial charge in [0, 0.05) is 31.9 Å². The summed E-state index contributed by atoms with van der Waals surface area (Å²) in [7, 11) is 0. The van der Waals surface area contributed by atoms with Gasteiger partial charge in [0.25, 0.3) is 5.56 Å². The van der Waals surface area contributed by atoms with Crippen molar-refractivity contribution < 1.29 is 22.4 Å². The fraction of sp³-hybridized carbons (Fsp3) is 0.565. The SMILES string of the molecule is CC/C(F)=C\c1nc(N2CCN(C(=O)CN3CCCC3c3cc(C(F)(F)F)c(=O)[nH]n3)CC2)[nH]c1C. The van der Waals surface area contributed by atoms with Crippen molar-refractivity contribution in [1.82, 2.24) is 30.0 Å². The Bertz CT molecular complexity index is 1180. The van der Waals surface area contributed by atoms with Crippen LogP contribution in [0.4, 0.5) is 23.5 Å². The van der Waals surface area contributed by atoms with Gasteiger partial charge >= 0.3 is 6.18 Å². The van der Waals surface area contributed by atoms with Crippen molar-refractivity contribution >= 4 is 17.9 Å². The van der Waals surface area contributed by atoms with Gasteiger partial charge in [-0.15, -0.1) is 0 Å². The lowest BCUT2D eigenvalue weighted by Crippen LogP contribution is -2.51. The van der Waals surface area contributed by atoms with E-state index in [0.717, 1.165) is 11.8 Å². The van der Waals surface area contributed by atoms with Crippen LogP contribution in [0.5, 0.6) is 0 Å². The number of nitrogens with zero attached hydrogens (tertiary/aromatic N) is 5. The van der Waals surface area contributed by atoms with Gasteiger partial charge in [-0.05, 0) is 44.9 Å². The lowest BCUT2D eigenvalue weighted by Gasteiger charge is -2.36. The number of likely N-dealkylation sites (tertiary alicyclic amines) is 1. The number of H-pyrrole nitrogens is 2. The first-order valence-electron chi connectivity index (χ1n) is 11.9. The first-order chi connectivity index (χ1) is 17.1. The topological polar surface area (TPSA) is 101 Å². The smallest absolute Gasteiger partial charge is 0.339 e. The van der Waals surface area contributed by atoms with Crippen molar-refractivity contribution in [2.75, 3.05) is 44.2 Å². The fourth-order valence-electron chi connectivity index (χ4n) is 4.59. The van der Waals surface area contributed by atoms with Gasteiger partial charge in [-0.2, -0.15) is 18.3 Å². The van der Waals surface area contributed by atoms with Crippen molar-refractivity contribution in [3.05, 3.63) is 44.9 Å². The molecule has 0 aromatic carbocycles. The lowest BCUT2D eigenvalue weighted by atomic mass is 10.1. The minimum absolute atomic E-state index is 0.0535. The molecule has 1 unspecified atom stereocenters. The average molecular weight is 512 g/mol. The van der Waals surface area contributed by atoms with Crippen molar-refractivity contribution in [2.24, 2.45) is 0 Å². The summed E-state index contributed by atoms with van der Waals surface area (Å²) in [6.07, 6.45) is -1.82. The molecule has 2 N–H and O–H groups in total. The maximum Gasteiger partial charge on any atom is 0.421 e. The number of hydrogen-bond donors (Lipinski definition) is 2. The number of aromatic nitrogens is 4. The Kier molecular flexibility index (Phi) is 7.48. The Balaban J connectivity index is 1.37. The van der Waals surface area contributed by atoms with Crippen molar-refractivity contribution in [3.8, 4) is 0 Å². The number of hydrogen-bond acceptors (Lipinski definition) is 6. The number of anilines is 1. The summed E-state index contributed by atoms with van der Waals surface area (Å²) in [6.45, 7) is 6.16. The predicted octanol–water partition coefficient (Wildman–Crippen LogP) is 3.03. The molecule has 2 aromatic heterocycles. The van der Waals surface area contributed by atoms with E-state index in [-0.39, 0.29) is 24.0 Å². The Morgan fingerprint density at radius 3 is 2.61 bits per heavy atom. The first-order valence-corrected chi connectivity index (χ1v) is 11.9. The Morgan fingerprint density at radius 2 is 1.94 bits per heavy atom. The minimum Gasteiger partial charge on any atom is -0.339 e. The third kappa shape index (κ3) is 5.61. The molecule has 2 aliphatic rings. The second kappa shape index (κ2) is 10.4. The van der Waals surface area contributed by atoms with Gasteiger partial charge in [-0.25, -0.2) is 14.5 Å². The number of piperazine rings is 1. The van der Waals surface area contributed by atoms with Crippen LogP contribution in [0.3, 0.4) is 0 Å². The summed E-state index contributed by atoms with van der Waals surface area (Å²) in [5.74, 6) is 0.253. The number of nitrogens with one attached hydrogen (secondary N) is 2. The van der Waals surface area contributed by atoms with Crippen molar-refractivity contribution in [2.45, 2.75) is 45.3 Å². The number of carbonyl (C=O) groups excluding carboxylic acids is 1. The number of rotatable bonds is 6. The zero-order valence-corrected chi connectivity index (χ0v) is 20.2. The van der Waals surface area contributed by atoms with Crippen LogP contribution in [0, 0.1) is 6.92 Å². The zero-order chi connectivity index (χ0) is 26.0. The third-order valence-corrected chi connectivity index (χ3v) is 6.65. The molecule has 196 valence electrons. The summed E-state index contributed by atoms with van der Waals surface area (Å²) in [5, 5.41) is 5.77. The van der Waals surface area contributed by atoms with Crippen LogP contribution in [-0.4, -0.2) is 75.1 Å². The van der Waals surface area contributed by atoms with Gasteiger partial charge in [0.15, 0.2) is 0 Å². The molecule has 1 atom stereocenters. The Labute approximate surface area is 205 Å². The van der Waals surface area contributed by atoms with Gasteiger partial charge in [0.1, 0.15) is 11.4 Å². The van der Waals surface area contributed by atoms with E-state index in [1.807, 2.05) is 21.8 Å². The van der Waals surface area contributed by atoms with Crippen LogP contribution in [0.2, 0.25) is 0 Å². The number of alkyl halides is 3. The van der Waals surface area contributed by atoms with Crippen molar-refractivity contribution in [3.63, 3.8) is 0 Å². The maximum atomic E-state index is 13.7. The lowest BCUT2D eigenvalue weighted by molar-refractivity contribution is -0.139. The molecule has 0 saturated carbocycles. The molecule has 2 fully saturated rings. The Morgan fingerprint density at radius 1 is 1.22 bits per heavy atom. The van der Waals surface area contributed by atoms with Crippen LogP contribution in [-0.2, 0) is 11.0 Å². The number of halogens is 4. The number of carbonyl (C=O) groups is 1. The molecule has 1 amide bonds. The van der Waals surface area contributed by atoms with E-state index < -0.39 is 23.3 Å². The number of amides is 1. The molecular formula is C23H29F4N7O2. The van der Waals surface area contributed by atoms with Crippen LogP contribution in [0.25, 0.3) is 6.08 Å². The standard InChI is InChI=1S/C23H29F4N7O2/c1-3-15(24)11-17-14(2)28-22(29-17)33-9-7-32(8-10-33)20(35)13-34-6-4-5-19(34)18-12-16(23(25,26)27)21(36)31-30-18/h11-12,19H,3-10,13H2,1-2H3,(H,28,29)(H,31,36)/b15-11+. The second-order valence-corrected chi connectivity index (χ2v) is 9.05. The number of aryl methyl sites for hydroxylation is 1. The molecule has 2 saturated heterocycles. The highest BCUT2D eigenvalue weighted by Gasteiger charge is 2.37. The van der Waals surface area contributed by atoms with Crippen LogP contribution >= 0.6 is 0 Å². The van der Waals surface area contributed by atoms with E-state index in [0.29, 0.717) is 63.6 Å². The minimum atomic E-state index is -4.78. The molecule has 0 bridgehead atoms. The number of imidazole rings is 1. The van der Waals surface area contributed by atoms with E-state index in [4.69, 9.17) is 0 Å². The third-order valence-electron chi connectivity index (χ3n) is 6.65. The van der Waals surface area contributed by atoms with E-state index in [9.17, 15) is 27.2 Å². The fourth-order valence-corrected chi connectivity index (χ4v) is 4.59. The molecule has 2 aromatic rings. The summed E-state index contributed by atoms with van der Waals surface area (Å²) < 4.78 is 53.1. The maximum absolute atomic E-state index is 13.7. The van der Waals surface area contributed by atoms with Gasteiger partial charge in [-0.3, -0.25) is 14.5 Å². The molecule has 36 heavy (non-hydrogen) atoms. The molecule has 9 nitrogen and oxygen atoms in total. The summed E-state index contributed by atoms with van der Waals surface area (Å²) in [5.41, 5.74) is -1.15. The van der Waals surface area contributed by atoms with E-state index in [1.54, 1.807) is 11.8 Å². The molecule has 4 heterocycles. The number of allylic oxidation sites excluding steroid dienone is 1. The van der Waals surface area contributed by atoms with Crippen LogP contribution in [0.1, 0.15) is 54.9 Å². The predicted molar refractivity (Wildman–Crippen MR) is 125 cm³/mol. The van der Waals surface area contributed by atoms with Crippen LogP contribution in [0.15, 0.2) is 16.7 Å². The molecule has 4 rings (SSSR count). The number of aromatic amines is 2. The summed E-state index contributed by atoms with van der Waals surface area (Å²) >= 11 is 0. The summed E-state index contributed by atoms with van der Waals surface area (Å²) in [4.78, 5) is 37.7. The van der Waals surface area contributed by atoms with Gasteiger partial charge < -0.3 is 14.8 Å². The molecular weight excluding hydrogens is 482 g/mol.